The molecule has 0 fully saturated rings. The molecule has 0 radical (unpaired) electrons. The molecule has 0 spiro atoms. The summed E-state index contributed by atoms with van der Waals surface area (Å²) >= 11 is 6.20. The number of hydrogen-bond acceptors (Lipinski definition) is 1. The van der Waals surface area contributed by atoms with Gasteiger partial charge < -0.3 is 9.67 Å². The second kappa shape index (κ2) is 4.11. The quantitative estimate of drug-likeness (QED) is 0.841. The molecular formula is C13H16ClNO. The van der Waals surface area contributed by atoms with Gasteiger partial charge in [0.1, 0.15) is 0 Å². The molecule has 1 heterocycles. The third kappa shape index (κ3) is 1.72. The van der Waals surface area contributed by atoms with Crippen molar-refractivity contribution < 1.29 is 5.11 Å². The molecule has 0 aliphatic heterocycles. The van der Waals surface area contributed by atoms with Crippen LogP contribution in [0, 0.1) is 0 Å². The lowest BCUT2D eigenvalue weighted by atomic mass is 10.1. The lowest BCUT2D eigenvalue weighted by Gasteiger charge is -2.08. The summed E-state index contributed by atoms with van der Waals surface area (Å²) in [4.78, 5) is 0. The van der Waals surface area contributed by atoms with Crippen molar-refractivity contribution in [3.8, 4) is 0 Å². The van der Waals surface area contributed by atoms with Gasteiger partial charge in [-0.1, -0.05) is 17.7 Å². The molecule has 0 saturated carbocycles. The highest BCUT2D eigenvalue weighted by Crippen LogP contribution is 2.33. The molecule has 0 aliphatic carbocycles. The van der Waals surface area contributed by atoms with Crippen LogP contribution in [0.5, 0.6) is 0 Å². The van der Waals surface area contributed by atoms with Crippen LogP contribution in [0.4, 0.5) is 0 Å². The monoisotopic (exact) mass is 237 g/mol. The fourth-order valence-corrected chi connectivity index (χ4v) is 2.32. The second-order valence-electron chi connectivity index (χ2n) is 4.40. The third-order valence-electron chi connectivity index (χ3n) is 2.84. The fraction of sp³-hybridized carbons (Fsp3) is 0.385. The maximum Gasteiger partial charge on any atom is 0.0783 e. The number of hydrogen-bond donors (Lipinski definition) is 1. The van der Waals surface area contributed by atoms with E-state index in [0.29, 0.717) is 11.1 Å². The van der Waals surface area contributed by atoms with E-state index in [2.05, 4.69) is 18.4 Å². The lowest BCUT2D eigenvalue weighted by Crippen LogP contribution is -1.98. The summed E-state index contributed by atoms with van der Waals surface area (Å²) in [5.41, 5.74) is 1.98. The van der Waals surface area contributed by atoms with Crippen LogP contribution < -0.4 is 0 Å². The highest BCUT2D eigenvalue weighted by molar-refractivity contribution is 6.35. The molecule has 86 valence electrons. The van der Waals surface area contributed by atoms with E-state index >= 15 is 0 Å². The van der Waals surface area contributed by atoms with Gasteiger partial charge in [0.2, 0.25) is 0 Å². The third-order valence-corrected chi connectivity index (χ3v) is 3.16. The molecule has 2 rings (SSSR count). The minimum atomic E-state index is -0.498. The van der Waals surface area contributed by atoms with Crippen LogP contribution in [0.1, 0.15) is 38.5 Å². The first-order valence-electron chi connectivity index (χ1n) is 5.49. The van der Waals surface area contributed by atoms with E-state index in [1.165, 1.54) is 0 Å². The van der Waals surface area contributed by atoms with Crippen molar-refractivity contribution >= 4 is 22.5 Å². The minimum absolute atomic E-state index is 0.355. The Morgan fingerprint density at radius 2 is 1.94 bits per heavy atom. The summed E-state index contributed by atoms with van der Waals surface area (Å²) in [6, 6.07) is 6.19. The highest BCUT2D eigenvalue weighted by Gasteiger charge is 2.15. The number of halogens is 1. The average Bonchev–Trinajstić information content (AvgIpc) is 2.58. The maximum absolute atomic E-state index is 9.77. The molecule has 2 nitrogen and oxygen atoms in total. The first-order valence-corrected chi connectivity index (χ1v) is 5.87. The van der Waals surface area contributed by atoms with Gasteiger partial charge in [0.25, 0.3) is 0 Å². The number of nitrogens with zero attached hydrogens (tertiary/aromatic N) is 1. The zero-order valence-corrected chi connectivity index (χ0v) is 10.5. The molecular weight excluding hydrogens is 222 g/mol. The van der Waals surface area contributed by atoms with Gasteiger partial charge in [-0.2, -0.15) is 0 Å². The van der Waals surface area contributed by atoms with Gasteiger partial charge in [0, 0.05) is 23.2 Å². The molecule has 1 atom stereocenters. The van der Waals surface area contributed by atoms with Crippen LogP contribution in [0.15, 0.2) is 24.4 Å². The van der Waals surface area contributed by atoms with Gasteiger partial charge in [-0.05, 0) is 32.9 Å². The smallest absolute Gasteiger partial charge is 0.0783 e. The normalized spacial score (nSPS) is 13.6. The number of rotatable bonds is 2. The van der Waals surface area contributed by atoms with Crippen molar-refractivity contribution in [2.75, 3.05) is 0 Å². The van der Waals surface area contributed by atoms with Crippen molar-refractivity contribution in [2.45, 2.75) is 32.9 Å². The number of benzene rings is 1. The van der Waals surface area contributed by atoms with E-state index < -0.39 is 6.10 Å². The van der Waals surface area contributed by atoms with Crippen molar-refractivity contribution in [1.82, 2.24) is 4.57 Å². The zero-order valence-electron chi connectivity index (χ0n) is 9.74. The predicted octanol–water partition coefficient (Wildman–Crippen LogP) is 3.93. The standard InChI is InChI=1S/C13H16ClNO/c1-8(2)15-7-10(9(3)16)13-11(14)5-4-6-12(13)15/h4-9,16H,1-3H3. The van der Waals surface area contributed by atoms with Crippen LogP contribution in [0.2, 0.25) is 5.02 Å². The van der Waals surface area contributed by atoms with Gasteiger partial charge in [-0.15, -0.1) is 0 Å². The lowest BCUT2D eigenvalue weighted by molar-refractivity contribution is 0.200. The van der Waals surface area contributed by atoms with E-state index in [1.807, 2.05) is 24.4 Å². The van der Waals surface area contributed by atoms with E-state index in [-0.39, 0.29) is 0 Å². The fourth-order valence-electron chi connectivity index (χ4n) is 2.04. The van der Waals surface area contributed by atoms with Crippen LogP contribution in [0.3, 0.4) is 0 Å². The number of aliphatic hydroxyl groups excluding tert-OH is 1. The molecule has 1 aromatic carbocycles. The van der Waals surface area contributed by atoms with Crippen LogP contribution in [-0.2, 0) is 0 Å². The SMILES string of the molecule is CC(O)c1cn(C(C)C)c2cccc(Cl)c12. The van der Waals surface area contributed by atoms with Crippen LogP contribution >= 0.6 is 11.6 Å². The largest absolute Gasteiger partial charge is 0.389 e. The molecule has 1 N–H and O–H groups in total. The Morgan fingerprint density at radius 3 is 2.50 bits per heavy atom. The van der Waals surface area contributed by atoms with E-state index in [9.17, 15) is 5.11 Å². The van der Waals surface area contributed by atoms with Crippen molar-refractivity contribution in [2.24, 2.45) is 0 Å². The molecule has 0 aliphatic rings. The Morgan fingerprint density at radius 1 is 1.25 bits per heavy atom. The molecule has 2 aromatic rings. The number of aromatic nitrogens is 1. The van der Waals surface area contributed by atoms with Gasteiger partial charge in [0.15, 0.2) is 0 Å². The Hall–Kier alpha value is -0.990. The van der Waals surface area contributed by atoms with Crippen molar-refractivity contribution in [3.05, 3.63) is 35.0 Å². The van der Waals surface area contributed by atoms with E-state index in [4.69, 9.17) is 11.6 Å². The first kappa shape index (κ1) is 11.5. The summed E-state index contributed by atoms with van der Waals surface area (Å²) < 4.78 is 2.14. The predicted molar refractivity (Wildman–Crippen MR) is 68.0 cm³/mol. The summed E-state index contributed by atoms with van der Waals surface area (Å²) in [6.45, 7) is 6.00. The zero-order chi connectivity index (χ0) is 11.9. The highest BCUT2D eigenvalue weighted by atomic mass is 35.5. The molecule has 1 aromatic heterocycles. The molecule has 16 heavy (non-hydrogen) atoms. The van der Waals surface area contributed by atoms with Gasteiger partial charge in [-0.25, -0.2) is 0 Å². The van der Waals surface area contributed by atoms with Crippen LogP contribution in [-0.4, -0.2) is 9.67 Å². The Bertz CT molecular complexity index is 514. The minimum Gasteiger partial charge on any atom is -0.389 e. The molecule has 3 heteroatoms. The average molecular weight is 238 g/mol. The molecule has 0 bridgehead atoms. The van der Waals surface area contributed by atoms with Crippen LogP contribution in [0.25, 0.3) is 10.9 Å². The Kier molecular flexibility index (Phi) is 2.96. The summed E-state index contributed by atoms with van der Waals surface area (Å²) in [5, 5.41) is 11.4. The van der Waals surface area contributed by atoms with Crippen molar-refractivity contribution in [1.29, 1.82) is 0 Å². The van der Waals surface area contributed by atoms with E-state index in [1.54, 1.807) is 6.92 Å². The topological polar surface area (TPSA) is 25.2 Å². The Balaban J connectivity index is 2.82. The summed E-state index contributed by atoms with van der Waals surface area (Å²) in [6.07, 6.45) is 1.49. The summed E-state index contributed by atoms with van der Waals surface area (Å²) in [7, 11) is 0. The number of fused-ring (bicyclic) bond motifs is 1. The molecule has 1 unspecified atom stereocenters. The van der Waals surface area contributed by atoms with Gasteiger partial charge in [0.05, 0.1) is 16.6 Å². The molecule has 0 amide bonds. The maximum atomic E-state index is 9.77. The van der Waals surface area contributed by atoms with E-state index in [0.717, 1.165) is 16.5 Å². The number of aliphatic hydroxyl groups is 1. The second-order valence-corrected chi connectivity index (χ2v) is 4.80. The molecule has 0 saturated heterocycles. The first-order chi connectivity index (χ1) is 7.52. The van der Waals surface area contributed by atoms with Crippen molar-refractivity contribution in [3.63, 3.8) is 0 Å². The van der Waals surface area contributed by atoms with Gasteiger partial charge >= 0.3 is 0 Å². The summed E-state index contributed by atoms with van der Waals surface area (Å²) in [5.74, 6) is 0. The Labute approximate surface area is 100 Å². The van der Waals surface area contributed by atoms with Gasteiger partial charge in [-0.3, -0.25) is 0 Å².